The molecular formula is C16H25ClN2O2. The number of phenols is 1. The van der Waals surface area contributed by atoms with Crippen molar-refractivity contribution in [2.45, 2.75) is 32.9 Å². The van der Waals surface area contributed by atoms with E-state index in [1.165, 1.54) is 6.42 Å². The van der Waals surface area contributed by atoms with Gasteiger partial charge in [0, 0.05) is 55.4 Å². The van der Waals surface area contributed by atoms with Crippen LogP contribution in [0.2, 0.25) is 5.02 Å². The van der Waals surface area contributed by atoms with Gasteiger partial charge in [-0.25, -0.2) is 0 Å². The summed E-state index contributed by atoms with van der Waals surface area (Å²) in [6.45, 7) is 9.39. The fourth-order valence-electron chi connectivity index (χ4n) is 2.77. The molecule has 0 radical (unpaired) electrons. The molecule has 0 aromatic heterocycles. The Labute approximate surface area is 132 Å². The lowest BCUT2D eigenvalue weighted by atomic mass is 10.1. The quantitative estimate of drug-likeness (QED) is 0.907. The van der Waals surface area contributed by atoms with Crippen LogP contribution in [0.4, 0.5) is 0 Å². The Morgan fingerprint density at radius 1 is 1.29 bits per heavy atom. The summed E-state index contributed by atoms with van der Waals surface area (Å²) in [5.74, 6) is 0.641. The summed E-state index contributed by atoms with van der Waals surface area (Å²) in [6.07, 6.45) is 1.19. The summed E-state index contributed by atoms with van der Waals surface area (Å²) in [6, 6.07) is 4.11. The Hall–Kier alpha value is -0.970. The monoisotopic (exact) mass is 312 g/mol. The third kappa shape index (κ3) is 4.02. The molecule has 1 fully saturated rings. The molecule has 0 saturated carbocycles. The van der Waals surface area contributed by atoms with Crippen molar-refractivity contribution in [2.75, 3.05) is 33.3 Å². The van der Waals surface area contributed by atoms with Gasteiger partial charge < -0.3 is 9.84 Å². The van der Waals surface area contributed by atoms with E-state index in [0.717, 1.165) is 31.7 Å². The molecule has 1 aromatic carbocycles. The lowest BCUT2D eigenvalue weighted by Crippen LogP contribution is -2.48. The second-order valence-corrected chi connectivity index (χ2v) is 6.12. The highest BCUT2D eigenvalue weighted by Gasteiger charge is 2.21. The van der Waals surface area contributed by atoms with Gasteiger partial charge in [0.15, 0.2) is 11.5 Å². The molecule has 1 aromatic rings. The van der Waals surface area contributed by atoms with Crippen molar-refractivity contribution in [1.82, 2.24) is 9.80 Å². The van der Waals surface area contributed by atoms with E-state index in [-0.39, 0.29) is 5.75 Å². The van der Waals surface area contributed by atoms with Crippen LogP contribution in [0.3, 0.4) is 0 Å². The molecule has 1 heterocycles. The highest BCUT2D eigenvalue weighted by atomic mass is 35.5. The smallest absolute Gasteiger partial charge is 0.162 e. The number of benzene rings is 1. The van der Waals surface area contributed by atoms with Crippen molar-refractivity contribution in [1.29, 1.82) is 0 Å². The minimum Gasteiger partial charge on any atom is -0.504 e. The maximum atomic E-state index is 10.2. The summed E-state index contributed by atoms with van der Waals surface area (Å²) in [5, 5.41) is 10.8. The van der Waals surface area contributed by atoms with Gasteiger partial charge in [-0.2, -0.15) is 0 Å². The topological polar surface area (TPSA) is 35.9 Å². The number of nitrogens with zero attached hydrogens (tertiary/aromatic N) is 2. The van der Waals surface area contributed by atoms with Crippen LogP contribution in [0.1, 0.15) is 25.8 Å². The van der Waals surface area contributed by atoms with E-state index in [2.05, 4.69) is 23.6 Å². The summed E-state index contributed by atoms with van der Waals surface area (Å²) < 4.78 is 5.16. The summed E-state index contributed by atoms with van der Waals surface area (Å²) in [7, 11) is 1.54. The Kier molecular flexibility index (Phi) is 5.73. The molecule has 5 heteroatoms. The Morgan fingerprint density at radius 2 is 1.95 bits per heavy atom. The third-order valence-corrected chi connectivity index (χ3v) is 4.57. The molecule has 1 N–H and O–H groups in total. The summed E-state index contributed by atoms with van der Waals surface area (Å²) >= 11 is 6.08. The van der Waals surface area contributed by atoms with Crippen LogP contribution in [0.25, 0.3) is 0 Å². The lowest BCUT2D eigenvalue weighted by molar-refractivity contribution is 0.0958. The standard InChI is InChI=1S/C16H25ClN2O2/c1-4-12(2)19-7-5-18(6-8-19)11-13-9-14(17)10-15(21-3)16(13)20/h9-10,12,20H,4-8,11H2,1-3H3. The van der Waals surface area contributed by atoms with Crippen LogP contribution in [-0.4, -0.2) is 54.2 Å². The first kappa shape index (κ1) is 16.4. The second-order valence-electron chi connectivity index (χ2n) is 5.69. The van der Waals surface area contributed by atoms with Gasteiger partial charge in [-0.1, -0.05) is 18.5 Å². The molecule has 0 spiro atoms. The molecular weight excluding hydrogens is 288 g/mol. The molecule has 21 heavy (non-hydrogen) atoms. The van der Waals surface area contributed by atoms with E-state index in [4.69, 9.17) is 16.3 Å². The number of piperazine rings is 1. The largest absolute Gasteiger partial charge is 0.504 e. The maximum absolute atomic E-state index is 10.2. The van der Waals surface area contributed by atoms with E-state index < -0.39 is 0 Å². The predicted molar refractivity (Wildman–Crippen MR) is 86.3 cm³/mol. The number of methoxy groups -OCH3 is 1. The predicted octanol–water partition coefficient (Wildman–Crippen LogP) is 2.97. The van der Waals surface area contributed by atoms with Crippen LogP contribution >= 0.6 is 11.6 Å². The van der Waals surface area contributed by atoms with Crippen LogP contribution < -0.4 is 4.74 Å². The van der Waals surface area contributed by atoms with Gasteiger partial charge in [0.2, 0.25) is 0 Å². The molecule has 1 atom stereocenters. The molecule has 1 saturated heterocycles. The SMILES string of the molecule is CCC(C)N1CCN(Cc2cc(Cl)cc(OC)c2O)CC1. The minimum atomic E-state index is 0.200. The van der Waals surface area contributed by atoms with Crippen LogP contribution in [-0.2, 0) is 6.54 Å². The summed E-state index contributed by atoms with van der Waals surface area (Å²) in [4.78, 5) is 4.87. The molecule has 1 aliphatic rings. The van der Waals surface area contributed by atoms with Gasteiger partial charge in [0.25, 0.3) is 0 Å². The van der Waals surface area contributed by atoms with Gasteiger partial charge >= 0.3 is 0 Å². The van der Waals surface area contributed by atoms with Crippen LogP contribution in [0.5, 0.6) is 11.5 Å². The minimum absolute atomic E-state index is 0.200. The van der Waals surface area contributed by atoms with E-state index >= 15 is 0 Å². The number of hydrogen-bond acceptors (Lipinski definition) is 4. The Balaban J connectivity index is 1.99. The highest BCUT2D eigenvalue weighted by Crippen LogP contribution is 2.34. The van der Waals surface area contributed by atoms with E-state index in [9.17, 15) is 5.11 Å². The zero-order chi connectivity index (χ0) is 15.4. The highest BCUT2D eigenvalue weighted by molar-refractivity contribution is 6.30. The van der Waals surface area contributed by atoms with Crippen molar-refractivity contribution in [2.24, 2.45) is 0 Å². The molecule has 0 aliphatic carbocycles. The van der Waals surface area contributed by atoms with Crippen molar-refractivity contribution in [3.05, 3.63) is 22.7 Å². The zero-order valence-electron chi connectivity index (χ0n) is 13.1. The Bertz CT molecular complexity index is 474. The van der Waals surface area contributed by atoms with Crippen molar-refractivity contribution in [3.8, 4) is 11.5 Å². The molecule has 0 amide bonds. The van der Waals surface area contributed by atoms with Crippen LogP contribution in [0.15, 0.2) is 12.1 Å². The number of hydrogen-bond donors (Lipinski definition) is 1. The first-order chi connectivity index (χ1) is 10.0. The fraction of sp³-hybridized carbons (Fsp3) is 0.625. The Morgan fingerprint density at radius 3 is 2.52 bits per heavy atom. The number of rotatable bonds is 5. The van der Waals surface area contributed by atoms with Gasteiger partial charge in [-0.05, 0) is 19.4 Å². The first-order valence-corrected chi connectivity index (χ1v) is 7.94. The van der Waals surface area contributed by atoms with Crippen molar-refractivity contribution >= 4 is 11.6 Å². The normalized spacial score (nSPS) is 18.7. The molecule has 4 nitrogen and oxygen atoms in total. The molecule has 1 unspecified atom stereocenters. The zero-order valence-corrected chi connectivity index (χ0v) is 13.9. The molecule has 2 rings (SSSR count). The van der Waals surface area contributed by atoms with E-state index in [1.54, 1.807) is 13.2 Å². The number of aromatic hydroxyl groups is 1. The molecule has 1 aliphatic heterocycles. The van der Waals surface area contributed by atoms with Crippen LogP contribution in [0, 0.1) is 0 Å². The molecule has 0 bridgehead atoms. The second kappa shape index (κ2) is 7.34. The first-order valence-electron chi connectivity index (χ1n) is 7.57. The number of ether oxygens (including phenoxy) is 1. The maximum Gasteiger partial charge on any atom is 0.162 e. The van der Waals surface area contributed by atoms with Gasteiger partial charge in [-0.15, -0.1) is 0 Å². The fourth-order valence-corrected chi connectivity index (χ4v) is 3.00. The van der Waals surface area contributed by atoms with Gasteiger partial charge in [0.05, 0.1) is 7.11 Å². The van der Waals surface area contributed by atoms with Crippen molar-refractivity contribution < 1.29 is 9.84 Å². The summed E-state index contributed by atoms with van der Waals surface area (Å²) in [5.41, 5.74) is 0.830. The van der Waals surface area contributed by atoms with Gasteiger partial charge in [-0.3, -0.25) is 9.80 Å². The average molecular weight is 313 g/mol. The van der Waals surface area contributed by atoms with Crippen molar-refractivity contribution in [3.63, 3.8) is 0 Å². The number of halogens is 1. The third-order valence-electron chi connectivity index (χ3n) is 4.35. The van der Waals surface area contributed by atoms with E-state index in [0.29, 0.717) is 23.4 Å². The number of phenolic OH excluding ortho intramolecular Hbond substituents is 1. The van der Waals surface area contributed by atoms with E-state index in [1.807, 2.05) is 6.07 Å². The average Bonchev–Trinajstić information content (AvgIpc) is 2.50. The van der Waals surface area contributed by atoms with Gasteiger partial charge in [0.1, 0.15) is 0 Å². The lowest BCUT2D eigenvalue weighted by Gasteiger charge is -2.37. The molecule has 118 valence electrons.